The van der Waals surface area contributed by atoms with Gasteiger partial charge in [0.05, 0.1) is 0 Å². The first-order chi connectivity index (χ1) is 11.1. The number of hydrogen-bond donors (Lipinski definition) is 0. The van der Waals surface area contributed by atoms with Crippen LogP contribution in [-0.2, 0) is 42.9 Å². The largest absolute Gasteiger partial charge is 0.463 e. The van der Waals surface area contributed by atoms with Crippen molar-refractivity contribution in [2.75, 3.05) is 6.61 Å². The van der Waals surface area contributed by atoms with Crippen LogP contribution in [0.4, 0.5) is 0 Å². The molecule has 0 saturated carbocycles. The molecule has 0 spiro atoms. The van der Waals surface area contributed by atoms with Crippen molar-refractivity contribution < 1.29 is 42.9 Å². The van der Waals surface area contributed by atoms with E-state index in [-0.39, 0.29) is 6.61 Å². The Kier molecular flexibility index (Phi) is 7.43. The van der Waals surface area contributed by atoms with Crippen molar-refractivity contribution >= 4 is 35.5 Å². The number of hydrogen-bond acceptors (Lipinski definition) is 9. The lowest BCUT2D eigenvalue weighted by Crippen LogP contribution is -2.60. The lowest BCUT2D eigenvalue weighted by Gasteiger charge is -2.42. The van der Waals surface area contributed by atoms with Crippen molar-refractivity contribution in [2.45, 2.75) is 57.7 Å². The second-order valence-corrected chi connectivity index (χ2v) is 5.55. The summed E-state index contributed by atoms with van der Waals surface area (Å²) < 4.78 is 25.4. The number of alkyl halides is 1. The highest BCUT2D eigenvalue weighted by Gasteiger charge is 2.50. The Morgan fingerprint density at radius 1 is 0.833 bits per heavy atom. The number of carbonyl (C=O) groups excluding carboxylic acids is 4. The first-order valence-electron chi connectivity index (χ1n) is 7.06. The van der Waals surface area contributed by atoms with Gasteiger partial charge in [0.15, 0.2) is 12.2 Å². The maximum Gasteiger partial charge on any atom is 0.305 e. The van der Waals surface area contributed by atoms with E-state index in [1.54, 1.807) is 0 Å². The number of esters is 4. The number of ether oxygens (including phenoxy) is 5. The lowest BCUT2D eigenvalue weighted by atomic mass is 10.0. The Labute approximate surface area is 143 Å². The van der Waals surface area contributed by atoms with Gasteiger partial charge >= 0.3 is 23.9 Å². The van der Waals surface area contributed by atoms with E-state index in [0.29, 0.717) is 0 Å². The molecule has 0 aromatic carbocycles. The molecule has 9 nitrogen and oxygen atoms in total. The zero-order valence-corrected chi connectivity index (χ0v) is 14.4. The van der Waals surface area contributed by atoms with E-state index >= 15 is 0 Å². The molecule has 1 aliphatic rings. The topological polar surface area (TPSA) is 114 Å². The third-order valence-electron chi connectivity index (χ3n) is 2.91. The van der Waals surface area contributed by atoms with Crippen LogP contribution < -0.4 is 0 Å². The fraction of sp³-hybridized carbons (Fsp3) is 0.714. The van der Waals surface area contributed by atoms with E-state index in [0.717, 1.165) is 20.8 Å². The highest BCUT2D eigenvalue weighted by Crippen LogP contribution is 2.31. The smallest absolute Gasteiger partial charge is 0.305 e. The van der Waals surface area contributed by atoms with E-state index in [1.165, 1.54) is 6.92 Å². The Morgan fingerprint density at radius 3 is 1.79 bits per heavy atom. The maximum absolute atomic E-state index is 11.3. The molecule has 1 fully saturated rings. The summed E-state index contributed by atoms with van der Waals surface area (Å²) >= 11 is 6.26. The van der Waals surface area contributed by atoms with E-state index in [2.05, 4.69) is 0 Å². The van der Waals surface area contributed by atoms with Crippen molar-refractivity contribution in [1.82, 2.24) is 0 Å². The molecular weight excluding hydrogens is 348 g/mol. The normalized spacial score (nSPS) is 29.3. The van der Waals surface area contributed by atoms with Crippen LogP contribution in [0.15, 0.2) is 0 Å². The molecule has 0 aromatic rings. The second-order valence-electron chi connectivity index (χ2n) is 5.05. The van der Waals surface area contributed by atoms with Crippen molar-refractivity contribution in [3.8, 4) is 0 Å². The molecule has 10 heteroatoms. The van der Waals surface area contributed by atoms with Gasteiger partial charge in [-0.2, -0.15) is 0 Å². The summed E-state index contributed by atoms with van der Waals surface area (Å²) in [5.74, 6) is -2.63. The van der Waals surface area contributed by atoms with Crippen molar-refractivity contribution in [3.05, 3.63) is 0 Å². The van der Waals surface area contributed by atoms with Gasteiger partial charge in [0, 0.05) is 27.7 Å². The van der Waals surface area contributed by atoms with Crippen LogP contribution in [-0.4, -0.2) is 60.5 Å². The van der Waals surface area contributed by atoms with E-state index in [4.69, 9.17) is 35.3 Å². The van der Waals surface area contributed by atoms with Gasteiger partial charge in [-0.05, 0) is 0 Å². The minimum Gasteiger partial charge on any atom is -0.463 e. The highest BCUT2D eigenvalue weighted by atomic mass is 35.5. The molecule has 0 radical (unpaired) electrons. The van der Waals surface area contributed by atoms with Crippen LogP contribution in [0.2, 0.25) is 0 Å². The molecule has 1 heterocycles. The predicted octanol–water partition coefficient (Wildman–Crippen LogP) is 0.308. The maximum atomic E-state index is 11.3. The molecule has 0 aliphatic carbocycles. The fourth-order valence-corrected chi connectivity index (χ4v) is 2.49. The molecule has 0 bridgehead atoms. The molecule has 0 unspecified atom stereocenters. The van der Waals surface area contributed by atoms with Gasteiger partial charge in [-0.15, -0.1) is 11.6 Å². The number of carbonyl (C=O) groups is 4. The van der Waals surface area contributed by atoms with Gasteiger partial charge in [-0.3, -0.25) is 19.2 Å². The molecule has 1 aliphatic heterocycles. The Bertz CT molecular complexity index is 504. The molecule has 24 heavy (non-hydrogen) atoms. The number of rotatable bonds is 5. The van der Waals surface area contributed by atoms with Crippen LogP contribution in [0, 0.1) is 0 Å². The lowest BCUT2D eigenvalue weighted by molar-refractivity contribution is -0.268. The summed E-state index contributed by atoms with van der Waals surface area (Å²) in [5, 5.41) is -1.09. The molecule has 0 N–H and O–H groups in total. The third kappa shape index (κ3) is 5.97. The molecule has 5 atom stereocenters. The molecule has 1 saturated heterocycles. The average Bonchev–Trinajstić information content (AvgIpc) is 2.42. The SMILES string of the molecule is CC(=O)OC[C@H]1O[C@@H](OC(C)=O)[C@@H](OC(C)=O)[C@H](Cl)[C@@H]1OC(C)=O. The molecule has 0 amide bonds. The molecule has 0 aromatic heterocycles. The summed E-state index contributed by atoms with van der Waals surface area (Å²) in [6, 6.07) is 0. The first kappa shape index (κ1) is 20.2. The highest BCUT2D eigenvalue weighted by molar-refractivity contribution is 6.21. The summed E-state index contributed by atoms with van der Waals surface area (Å²) in [4.78, 5) is 44.8. The molecule has 1 rings (SSSR count). The van der Waals surface area contributed by atoms with Crippen molar-refractivity contribution in [3.63, 3.8) is 0 Å². The summed E-state index contributed by atoms with van der Waals surface area (Å²) in [6.45, 7) is 4.33. The van der Waals surface area contributed by atoms with Gasteiger partial charge in [0.1, 0.15) is 18.1 Å². The average molecular weight is 367 g/mol. The Balaban J connectivity index is 3.04. The van der Waals surface area contributed by atoms with Gasteiger partial charge in [0.2, 0.25) is 6.29 Å². The van der Waals surface area contributed by atoms with Crippen LogP contribution in [0.3, 0.4) is 0 Å². The number of halogens is 1. The van der Waals surface area contributed by atoms with Crippen LogP contribution >= 0.6 is 11.6 Å². The van der Waals surface area contributed by atoms with Crippen LogP contribution in [0.5, 0.6) is 0 Å². The third-order valence-corrected chi connectivity index (χ3v) is 3.41. The minimum absolute atomic E-state index is 0.291. The van der Waals surface area contributed by atoms with Gasteiger partial charge in [-0.25, -0.2) is 0 Å². The van der Waals surface area contributed by atoms with Crippen LogP contribution in [0.25, 0.3) is 0 Å². The predicted molar refractivity (Wildman–Crippen MR) is 77.8 cm³/mol. The summed E-state index contributed by atoms with van der Waals surface area (Å²) in [5.41, 5.74) is 0. The Morgan fingerprint density at radius 2 is 1.33 bits per heavy atom. The van der Waals surface area contributed by atoms with E-state index in [1.807, 2.05) is 0 Å². The standard InChI is InChI=1S/C14H19ClO9/c1-6(16)20-5-10-12(21-7(2)17)11(15)13(22-8(3)18)14(24-10)23-9(4)19/h10-14H,5H2,1-4H3/t10-,11-,12-,13+,14-/m1/s1. The zero-order valence-electron chi connectivity index (χ0n) is 13.6. The monoisotopic (exact) mass is 366 g/mol. The summed E-state index contributed by atoms with van der Waals surface area (Å²) in [7, 11) is 0. The molecule has 136 valence electrons. The zero-order chi connectivity index (χ0) is 18.4. The molecular formula is C14H19ClO9. The van der Waals surface area contributed by atoms with E-state index < -0.39 is 53.9 Å². The van der Waals surface area contributed by atoms with Crippen LogP contribution in [0.1, 0.15) is 27.7 Å². The summed E-state index contributed by atoms with van der Waals surface area (Å²) in [6.07, 6.45) is -4.62. The van der Waals surface area contributed by atoms with Gasteiger partial charge < -0.3 is 23.7 Å². The second kappa shape index (κ2) is 8.84. The minimum atomic E-state index is -1.33. The quantitative estimate of drug-likeness (QED) is 0.385. The van der Waals surface area contributed by atoms with Crippen molar-refractivity contribution in [1.29, 1.82) is 0 Å². The van der Waals surface area contributed by atoms with Gasteiger partial charge in [0.25, 0.3) is 0 Å². The fourth-order valence-electron chi connectivity index (χ4n) is 2.11. The first-order valence-corrected chi connectivity index (χ1v) is 7.50. The Hall–Kier alpha value is -1.87. The van der Waals surface area contributed by atoms with Crippen molar-refractivity contribution in [2.24, 2.45) is 0 Å². The van der Waals surface area contributed by atoms with Gasteiger partial charge in [-0.1, -0.05) is 0 Å². The van der Waals surface area contributed by atoms with E-state index in [9.17, 15) is 19.2 Å².